The molecule has 2 aromatic carbocycles. The van der Waals surface area contributed by atoms with Crippen LogP contribution in [0.1, 0.15) is 25.5 Å². The fourth-order valence-electron chi connectivity index (χ4n) is 2.53. The van der Waals surface area contributed by atoms with Gasteiger partial charge in [-0.05, 0) is 43.7 Å². The van der Waals surface area contributed by atoms with Gasteiger partial charge in [0.25, 0.3) is 5.91 Å². The first kappa shape index (κ1) is 17.4. The third kappa shape index (κ3) is 4.17. The van der Waals surface area contributed by atoms with Crippen molar-refractivity contribution in [2.45, 2.75) is 26.0 Å². The molecule has 2 aromatic rings. The zero-order valence-corrected chi connectivity index (χ0v) is 14.9. The Hall–Kier alpha value is -2.40. The second-order valence-electron chi connectivity index (χ2n) is 5.82. The molecule has 5 nitrogen and oxygen atoms in total. The Morgan fingerprint density at radius 1 is 1.12 bits per heavy atom. The van der Waals surface area contributed by atoms with Gasteiger partial charge in [0.1, 0.15) is 19.0 Å². The molecular weight excluding hydrogens is 342 g/mol. The molecule has 0 radical (unpaired) electrons. The van der Waals surface area contributed by atoms with Crippen LogP contribution in [0.25, 0.3) is 0 Å². The number of fused-ring (bicyclic) bond motifs is 1. The lowest BCUT2D eigenvalue weighted by atomic mass is 10.1. The first-order valence-corrected chi connectivity index (χ1v) is 8.53. The van der Waals surface area contributed by atoms with E-state index in [1.807, 2.05) is 37.3 Å². The third-order valence-corrected chi connectivity index (χ3v) is 4.25. The molecule has 0 saturated carbocycles. The van der Waals surface area contributed by atoms with E-state index in [1.54, 1.807) is 19.1 Å². The van der Waals surface area contributed by atoms with E-state index in [2.05, 4.69) is 5.32 Å². The molecule has 0 bridgehead atoms. The molecule has 1 aliphatic heterocycles. The van der Waals surface area contributed by atoms with Crippen molar-refractivity contribution >= 4 is 17.5 Å². The standard InChI is InChI=1S/C19H20ClNO4/c1-12(14-7-8-17-18(11-14)24-10-9-23-17)21-19(22)13(2)25-16-6-4-3-5-15(16)20/h3-8,11-13H,9-10H2,1-2H3,(H,21,22). The van der Waals surface area contributed by atoms with Gasteiger partial charge >= 0.3 is 0 Å². The van der Waals surface area contributed by atoms with Crippen molar-refractivity contribution in [3.63, 3.8) is 0 Å². The summed E-state index contributed by atoms with van der Waals surface area (Å²) < 4.78 is 16.7. The Balaban J connectivity index is 1.63. The number of amides is 1. The van der Waals surface area contributed by atoms with Crippen LogP contribution in [-0.4, -0.2) is 25.2 Å². The molecule has 25 heavy (non-hydrogen) atoms. The average Bonchev–Trinajstić information content (AvgIpc) is 2.63. The topological polar surface area (TPSA) is 56.8 Å². The normalized spacial score (nSPS) is 15.2. The van der Waals surface area contributed by atoms with Gasteiger partial charge in [-0.25, -0.2) is 0 Å². The van der Waals surface area contributed by atoms with Gasteiger partial charge in [-0.1, -0.05) is 29.8 Å². The number of hydrogen-bond donors (Lipinski definition) is 1. The van der Waals surface area contributed by atoms with E-state index in [0.717, 1.165) is 11.3 Å². The SMILES string of the molecule is CC(Oc1ccccc1Cl)C(=O)NC(C)c1ccc2c(c1)OCCO2. The number of nitrogens with one attached hydrogen (secondary N) is 1. The van der Waals surface area contributed by atoms with Crippen LogP contribution in [0.2, 0.25) is 5.02 Å². The van der Waals surface area contributed by atoms with Gasteiger partial charge in [0.2, 0.25) is 0 Å². The molecule has 6 heteroatoms. The summed E-state index contributed by atoms with van der Waals surface area (Å²) in [7, 11) is 0. The van der Waals surface area contributed by atoms with Crippen LogP contribution in [0, 0.1) is 0 Å². The van der Waals surface area contributed by atoms with E-state index in [0.29, 0.717) is 29.7 Å². The highest BCUT2D eigenvalue weighted by molar-refractivity contribution is 6.32. The minimum atomic E-state index is -0.667. The van der Waals surface area contributed by atoms with Gasteiger partial charge in [0, 0.05) is 0 Å². The number of hydrogen-bond acceptors (Lipinski definition) is 4. The van der Waals surface area contributed by atoms with Crippen molar-refractivity contribution < 1.29 is 19.0 Å². The second kappa shape index (κ2) is 7.66. The third-order valence-electron chi connectivity index (χ3n) is 3.93. The Morgan fingerprint density at radius 3 is 2.60 bits per heavy atom. The Morgan fingerprint density at radius 2 is 1.84 bits per heavy atom. The maximum atomic E-state index is 12.4. The first-order chi connectivity index (χ1) is 12.0. The number of halogens is 1. The molecule has 2 unspecified atom stereocenters. The van der Waals surface area contributed by atoms with Gasteiger partial charge in [-0.3, -0.25) is 4.79 Å². The molecule has 0 aromatic heterocycles. The number of ether oxygens (including phenoxy) is 3. The molecule has 132 valence electrons. The zero-order chi connectivity index (χ0) is 17.8. The van der Waals surface area contributed by atoms with Crippen molar-refractivity contribution in [2.75, 3.05) is 13.2 Å². The van der Waals surface area contributed by atoms with Crippen LogP contribution < -0.4 is 19.5 Å². The van der Waals surface area contributed by atoms with Crippen LogP contribution in [-0.2, 0) is 4.79 Å². The van der Waals surface area contributed by atoms with Crippen molar-refractivity contribution in [2.24, 2.45) is 0 Å². The van der Waals surface area contributed by atoms with Crippen molar-refractivity contribution in [1.82, 2.24) is 5.32 Å². The summed E-state index contributed by atoms with van der Waals surface area (Å²) in [6.45, 7) is 4.68. The van der Waals surface area contributed by atoms with E-state index in [1.165, 1.54) is 0 Å². The molecule has 3 rings (SSSR count). The fraction of sp³-hybridized carbons (Fsp3) is 0.316. The molecule has 0 saturated heterocycles. The molecular formula is C19H20ClNO4. The maximum Gasteiger partial charge on any atom is 0.261 e. The summed E-state index contributed by atoms with van der Waals surface area (Å²) in [6.07, 6.45) is -0.667. The monoisotopic (exact) mass is 361 g/mol. The lowest BCUT2D eigenvalue weighted by Crippen LogP contribution is -2.37. The summed E-state index contributed by atoms with van der Waals surface area (Å²) in [5, 5.41) is 3.41. The lowest BCUT2D eigenvalue weighted by molar-refractivity contribution is -0.127. The average molecular weight is 362 g/mol. The predicted molar refractivity (Wildman–Crippen MR) is 95.5 cm³/mol. The van der Waals surface area contributed by atoms with E-state index < -0.39 is 6.10 Å². The summed E-state index contributed by atoms with van der Waals surface area (Å²) in [5.74, 6) is 1.69. The molecule has 0 aliphatic carbocycles. The van der Waals surface area contributed by atoms with Crippen LogP contribution in [0.4, 0.5) is 0 Å². The second-order valence-corrected chi connectivity index (χ2v) is 6.23. The number of rotatable bonds is 5. The summed E-state index contributed by atoms with van der Waals surface area (Å²) in [4.78, 5) is 12.4. The van der Waals surface area contributed by atoms with Gasteiger partial charge in [-0.15, -0.1) is 0 Å². The highest BCUT2D eigenvalue weighted by atomic mass is 35.5. The number of benzene rings is 2. The number of carbonyl (C=O) groups is 1. The molecule has 2 atom stereocenters. The van der Waals surface area contributed by atoms with Gasteiger partial charge in [0.15, 0.2) is 17.6 Å². The Labute approximate surface area is 151 Å². The van der Waals surface area contributed by atoms with Crippen molar-refractivity contribution in [3.8, 4) is 17.2 Å². The van der Waals surface area contributed by atoms with Crippen LogP contribution in [0.15, 0.2) is 42.5 Å². The highest BCUT2D eigenvalue weighted by Crippen LogP contribution is 2.32. The fourth-order valence-corrected chi connectivity index (χ4v) is 2.71. The van der Waals surface area contributed by atoms with Crippen molar-refractivity contribution in [3.05, 3.63) is 53.1 Å². The van der Waals surface area contributed by atoms with Crippen LogP contribution >= 0.6 is 11.6 Å². The van der Waals surface area contributed by atoms with Crippen LogP contribution in [0.3, 0.4) is 0 Å². The van der Waals surface area contributed by atoms with Crippen molar-refractivity contribution in [1.29, 1.82) is 0 Å². The molecule has 0 fully saturated rings. The Kier molecular flexibility index (Phi) is 5.34. The molecule has 1 heterocycles. The van der Waals surface area contributed by atoms with Gasteiger partial charge in [0.05, 0.1) is 11.1 Å². The first-order valence-electron chi connectivity index (χ1n) is 8.15. The minimum absolute atomic E-state index is 0.194. The summed E-state index contributed by atoms with van der Waals surface area (Å²) >= 11 is 6.06. The summed E-state index contributed by atoms with van der Waals surface area (Å²) in [5.41, 5.74) is 0.933. The highest BCUT2D eigenvalue weighted by Gasteiger charge is 2.20. The van der Waals surface area contributed by atoms with Gasteiger partial charge in [-0.2, -0.15) is 0 Å². The predicted octanol–water partition coefficient (Wildman–Crippen LogP) is 3.76. The quantitative estimate of drug-likeness (QED) is 0.881. The van der Waals surface area contributed by atoms with E-state index in [-0.39, 0.29) is 11.9 Å². The lowest BCUT2D eigenvalue weighted by Gasteiger charge is -2.22. The van der Waals surface area contributed by atoms with E-state index in [4.69, 9.17) is 25.8 Å². The Bertz CT molecular complexity index is 765. The number of para-hydroxylation sites is 1. The smallest absolute Gasteiger partial charge is 0.261 e. The van der Waals surface area contributed by atoms with E-state index in [9.17, 15) is 4.79 Å². The van der Waals surface area contributed by atoms with E-state index >= 15 is 0 Å². The molecule has 1 aliphatic rings. The van der Waals surface area contributed by atoms with Gasteiger partial charge < -0.3 is 19.5 Å². The largest absolute Gasteiger partial charge is 0.486 e. The minimum Gasteiger partial charge on any atom is -0.486 e. The zero-order valence-electron chi connectivity index (χ0n) is 14.1. The number of carbonyl (C=O) groups excluding carboxylic acids is 1. The maximum absolute atomic E-state index is 12.4. The van der Waals surface area contributed by atoms with Crippen LogP contribution in [0.5, 0.6) is 17.2 Å². The summed E-state index contributed by atoms with van der Waals surface area (Å²) in [6, 6.07) is 12.5. The molecule has 0 spiro atoms. The molecule has 1 amide bonds. The molecule has 1 N–H and O–H groups in total.